The monoisotopic (exact) mass is 321 g/mol. The first-order valence-electron chi connectivity index (χ1n) is 8.81. The van der Waals surface area contributed by atoms with Crippen molar-refractivity contribution in [1.82, 2.24) is 4.90 Å². The third kappa shape index (κ3) is 3.24. The van der Waals surface area contributed by atoms with Gasteiger partial charge in [0.2, 0.25) is 0 Å². The molecule has 0 N–H and O–H groups in total. The van der Waals surface area contributed by atoms with Crippen LogP contribution in [0.4, 0.5) is 0 Å². The second kappa shape index (κ2) is 7.63. The van der Waals surface area contributed by atoms with Crippen LogP contribution in [-0.4, -0.2) is 49.8 Å². The number of esters is 1. The lowest BCUT2D eigenvalue weighted by Crippen LogP contribution is -2.68. The fourth-order valence-electron chi connectivity index (χ4n) is 4.66. The Morgan fingerprint density at radius 2 is 2.04 bits per heavy atom. The molecular formula is C19H31NO3. The van der Waals surface area contributed by atoms with Crippen molar-refractivity contribution in [3.8, 4) is 0 Å². The van der Waals surface area contributed by atoms with Gasteiger partial charge in [0.15, 0.2) is 0 Å². The van der Waals surface area contributed by atoms with Crippen molar-refractivity contribution in [3.05, 3.63) is 25.3 Å². The molecule has 0 unspecified atom stereocenters. The van der Waals surface area contributed by atoms with Crippen LogP contribution in [0, 0.1) is 10.8 Å². The molecule has 2 fully saturated rings. The minimum absolute atomic E-state index is 0.0516. The number of carbonyl (C=O) groups is 1. The number of rotatable bonds is 8. The maximum atomic E-state index is 12.9. The second-order valence-electron chi connectivity index (χ2n) is 6.89. The Kier molecular flexibility index (Phi) is 6.04. The summed E-state index contributed by atoms with van der Waals surface area (Å²) in [6, 6.07) is 0. The van der Waals surface area contributed by atoms with Crippen molar-refractivity contribution < 1.29 is 14.3 Å². The van der Waals surface area contributed by atoms with Gasteiger partial charge < -0.3 is 14.4 Å². The Hall–Kier alpha value is -1.13. The lowest BCUT2D eigenvalue weighted by molar-refractivity contribution is -0.210. The number of carbonyl (C=O) groups excluding carboxylic acids is 1. The van der Waals surface area contributed by atoms with E-state index in [2.05, 4.69) is 25.0 Å². The number of likely N-dealkylation sites (tertiary alicyclic amines) is 1. The molecule has 0 aromatic rings. The first-order valence-corrected chi connectivity index (χ1v) is 8.81. The summed E-state index contributed by atoms with van der Waals surface area (Å²) in [4.78, 5) is 15.3. The zero-order valence-corrected chi connectivity index (χ0v) is 14.7. The van der Waals surface area contributed by atoms with Crippen LogP contribution in [0.5, 0.6) is 0 Å². The van der Waals surface area contributed by atoms with Gasteiger partial charge in [0.05, 0.1) is 19.3 Å². The van der Waals surface area contributed by atoms with Gasteiger partial charge >= 0.3 is 5.97 Å². The highest BCUT2D eigenvalue weighted by atomic mass is 16.5. The summed E-state index contributed by atoms with van der Waals surface area (Å²) >= 11 is 0. The van der Waals surface area contributed by atoms with Gasteiger partial charge in [-0.05, 0) is 32.7 Å². The molecule has 2 aliphatic rings. The summed E-state index contributed by atoms with van der Waals surface area (Å²) < 4.78 is 11.7. The number of ether oxygens (including phenoxy) is 2. The molecule has 0 spiro atoms. The van der Waals surface area contributed by atoms with E-state index in [-0.39, 0.29) is 17.5 Å². The largest absolute Gasteiger partial charge is 0.465 e. The second-order valence-corrected chi connectivity index (χ2v) is 6.89. The molecule has 0 aromatic carbocycles. The predicted molar refractivity (Wildman–Crippen MR) is 92.2 cm³/mol. The highest BCUT2D eigenvalue weighted by Crippen LogP contribution is 2.55. The van der Waals surface area contributed by atoms with E-state index in [9.17, 15) is 4.79 Å². The quantitative estimate of drug-likeness (QED) is 0.508. The van der Waals surface area contributed by atoms with E-state index in [1.54, 1.807) is 6.08 Å². The maximum Gasteiger partial charge on any atom is 0.316 e. The third-order valence-corrected chi connectivity index (χ3v) is 5.46. The average Bonchev–Trinajstić information content (AvgIpc) is 2.52. The van der Waals surface area contributed by atoms with Crippen LogP contribution in [0.15, 0.2) is 25.3 Å². The van der Waals surface area contributed by atoms with Crippen molar-refractivity contribution in [1.29, 1.82) is 0 Å². The van der Waals surface area contributed by atoms with Crippen molar-refractivity contribution in [3.63, 3.8) is 0 Å². The molecule has 2 rings (SSSR count). The van der Waals surface area contributed by atoms with Crippen LogP contribution in [0.1, 0.15) is 39.5 Å². The summed E-state index contributed by atoms with van der Waals surface area (Å²) in [5.41, 5.74) is -0.613. The van der Waals surface area contributed by atoms with Gasteiger partial charge in [0.25, 0.3) is 0 Å². The van der Waals surface area contributed by atoms with Gasteiger partial charge in [-0.2, -0.15) is 0 Å². The molecule has 4 nitrogen and oxygen atoms in total. The molecule has 1 heterocycles. The fraction of sp³-hybridized carbons (Fsp3) is 0.737. The zero-order chi connectivity index (χ0) is 16.9. The SMILES string of the molecule is C=CCO[C@@H]1[C@@]2(CC=C)CCC[C@]1(C(=O)OCC)CN(CC)C2. The van der Waals surface area contributed by atoms with E-state index in [4.69, 9.17) is 9.47 Å². The van der Waals surface area contributed by atoms with E-state index >= 15 is 0 Å². The lowest BCUT2D eigenvalue weighted by Gasteiger charge is -2.59. The number of fused-ring (bicyclic) bond motifs is 2. The van der Waals surface area contributed by atoms with E-state index in [0.29, 0.717) is 13.2 Å². The molecule has 0 amide bonds. The number of piperidine rings is 1. The highest BCUT2D eigenvalue weighted by molar-refractivity contribution is 5.78. The van der Waals surface area contributed by atoms with Gasteiger partial charge in [0.1, 0.15) is 5.41 Å². The predicted octanol–water partition coefficient (Wildman–Crippen LogP) is 3.19. The Bertz CT molecular complexity index is 450. The van der Waals surface area contributed by atoms with E-state index in [1.807, 2.05) is 13.0 Å². The van der Waals surface area contributed by atoms with Crippen LogP contribution >= 0.6 is 0 Å². The first-order chi connectivity index (χ1) is 11.1. The summed E-state index contributed by atoms with van der Waals surface area (Å²) in [7, 11) is 0. The number of hydrogen-bond donors (Lipinski definition) is 0. The molecule has 130 valence electrons. The van der Waals surface area contributed by atoms with Gasteiger partial charge in [-0.15, -0.1) is 13.2 Å². The first kappa shape index (κ1) is 18.2. The number of allylic oxidation sites excluding steroid dienone is 1. The van der Waals surface area contributed by atoms with Gasteiger partial charge in [-0.3, -0.25) is 4.79 Å². The standard InChI is InChI=1S/C19H31NO3/c1-5-10-18-11-9-12-19(17(21)22-8-4,15-20(7-3)14-18)16(18)23-13-6-2/h5-6,16H,1-2,7-15H2,3-4H3/t16-,18+,19+/m1/s1. The van der Waals surface area contributed by atoms with E-state index in [1.165, 1.54) is 0 Å². The number of hydrogen-bond acceptors (Lipinski definition) is 4. The molecule has 1 aliphatic carbocycles. The molecule has 1 saturated carbocycles. The lowest BCUT2D eigenvalue weighted by atomic mass is 9.55. The average molecular weight is 321 g/mol. The van der Waals surface area contributed by atoms with Crippen LogP contribution in [0.3, 0.4) is 0 Å². The van der Waals surface area contributed by atoms with Gasteiger partial charge in [0, 0.05) is 18.5 Å². The molecular weight excluding hydrogens is 290 g/mol. The van der Waals surface area contributed by atoms with Crippen molar-refractivity contribution in [2.24, 2.45) is 10.8 Å². The van der Waals surface area contributed by atoms with E-state index < -0.39 is 5.41 Å². The van der Waals surface area contributed by atoms with E-state index in [0.717, 1.165) is 45.3 Å². The van der Waals surface area contributed by atoms with Gasteiger partial charge in [-0.1, -0.05) is 25.5 Å². The summed E-state index contributed by atoms with van der Waals surface area (Å²) in [6.07, 6.45) is 7.43. The molecule has 0 aromatic heterocycles. The summed E-state index contributed by atoms with van der Waals surface area (Å²) in [5.74, 6) is -0.0969. The Morgan fingerprint density at radius 3 is 2.65 bits per heavy atom. The molecule has 1 saturated heterocycles. The molecule has 0 radical (unpaired) electrons. The maximum absolute atomic E-state index is 12.9. The highest BCUT2D eigenvalue weighted by Gasteiger charge is 2.62. The Balaban J connectivity index is 2.45. The van der Waals surface area contributed by atoms with Crippen molar-refractivity contribution in [2.45, 2.75) is 45.6 Å². The third-order valence-electron chi connectivity index (χ3n) is 5.46. The topological polar surface area (TPSA) is 38.8 Å². The number of nitrogens with zero attached hydrogens (tertiary/aromatic N) is 1. The van der Waals surface area contributed by atoms with Crippen LogP contribution in [-0.2, 0) is 14.3 Å². The van der Waals surface area contributed by atoms with Crippen LogP contribution < -0.4 is 0 Å². The fourth-order valence-corrected chi connectivity index (χ4v) is 4.66. The summed E-state index contributed by atoms with van der Waals surface area (Å²) in [6.45, 7) is 15.3. The van der Waals surface area contributed by atoms with Crippen LogP contribution in [0.2, 0.25) is 0 Å². The molecule has 23 heavy (non-hydrogen) atoms. The van der Waals surface area contributed by atoms with Gasteiger partial charge in [-0.25, -0.2) is 0 Å². The Morgan fingerprint density at radius 1 is 1.26 bits per heavy atom. The minimum Gasteiger partial charge on any atom is -0.465 e. The smallest absolute Gasteiger partial charge is 0.316 e. The molecule has 2 bridgehead atoms. The summed E-state index contributed by atoms with van der Waals surface area (Å²) in [5, 5.41) is 0. The minimum atomic E-state index is -0.561. The normalized spacial score (nSPS) is 33.9. The molecule has 4 heteroatoms. The van der Waals surface area contributed by atoms with Crippen molar-refractivity contribution in [2.75, 3.05) is 32.8 Å². The van der Waals surface area contributed by atoms with Crippen molar-refractivity contribution >= 4 is 5.97 Å². The molecule has 1 aliphatic heterocycles. The van der Waals surface area contributed by atoms with Crippen LogP contribution in [0.25, 0.3) is 0 Å². The zero-order valence-electron chi connectivity index (χ0n) is 14.7. The molecule has 3 atom stereocenters. The Labute approximate surface area is 140 Å².